The molecule has 1 atom stereocenters. The zero-order valence-electron chi connectivity index (χ0n) is 13.5. The predicted octanol–water partition coefficient (Wildman–Crippen LogP) is 1.16. The number of halogens is 1. The summed E-state index contributed by atoms with van der Waals surface area (Å²) in [5, 5.41) is 12.7. The lowest BCUT2D eigenvalue weighted by Gasteiger charge is -2.32. The van der Waals surface area contributed by atoms with E-state index < -0.39 is 6.10 Å². The van der Waals surface area contributed by atoms with Gasteiger partial charge in [0.25, 0.3) is 0 Å². The van der Waals surface area contributed by atoms with E-state index in [9.17, 15) is 14.3 Å². The van der Waals surface area contributed by atoms with Crippen LogP contribution in [-0.2, 0) is 16.1 Å². The van der Waals surface area contributed by atoms with Crippen LogP contribution >= 0.6 is 0 Å². The van der Waals surface area contributed by atoms with Crippen molar-refractivity contribution in [1.29, 1.82) is 0 Å². The minimum atomic E-state index is -0.613. The molecule has 1 fully saturated rings. The van der Waals surface area contributed by atoms with Gasteiger partial charge in [0.2, 0.25) is 5.91 Å². The number of likely N-dealkylation sites (tertiary alicyclic amines) is 1. The predicted molar refractivity (Wildman–Crippen MR) is 85.3 cm³/mol. The van der Waals surface area contributed by atoms with Crippen molar-refractivity contribution in [2.75, 3.05) is 33.3 Å². The van der Waals surface area contributed by atoms with Crippen LogP contribution in [0.25, 0.3) is 0 Å². The summed E-state index contributed by atoms with van der Waals surface area (Å²) >= 11 is 0. The molecule has 1 aliphatic rings. The number of ether oxygens (including phenoxy) is 1. The van der Waals surface area contributed by atoms with E-state index >= 15 is 0 Å². The monoisotopic (exact) mass is 324 g/mol. The van der Waals surface area contributed by atoms with Crippen LogP contribution in [0.4, 0.5) is 4.39 Å². The molecule has 2 rings (SSSR count). The van der Waals surface area contributed by atoms with Gasteiger partial charge in [-0.2, -0.15) is 0 Å². The highest BCUT2D eigenvalue weighted by atomic mass is 19.1. The first-order valence-electron chi connectivity index (χ1n) is 8.03. The number of piperidine rings is 1. The molecule has 1 unspecified atom stereocenters. The zero-order chi connectivity index (χ0) is 16.7. The summed E-state index contributed by atoms with van der Waals surface area (Å²) < 4.78 is 18.8. The van der Waals surface area contributed by atoms with Crippen molar-refractivity contribution >= 4 is 5.91 Å². The van der Waals surface area contributed by atoms with E-state index in [2.05, 4.69) is 10.2 Å². The number of aliphatic hydroxyl groups is 1. The summed E-state index contributed by atoms with van der Waals surface area (Å²) in [4.78, 5) is 13.7. The Morgan fingerprint density at radius 3 is 2.78 bits per heavy atom. The largest absolute Gasteiger partial charge is 0.389 e. The normalized spacial score (nSPS) is 17.9. The quantitative estimate of drug-likeness (QED) is 0.790. The van der Waals surface area contributed by atoms with Gasteiger partial charge in [0.1, 0.15) is 5.82 Å². The lowest BCUT2D eigenvalue weighted by molar-refractivity contribution is -0.126. The number of hydrogen-bond acceptors (Lipinski definition) is 4. The van der Waals surface area contributed by atoms with Crippen molar-refractivity contribution in [3.63, 3.8) is 0 Å². The number of amides is 1. The average Bonchev–Trinajstić information content (AvgIpc) is 2.56. The van der Waals surface area contributed by atoms with Crippen LogP contribution in [0.15, 0.2) is 24.3 Å². The Labute approximate surface area is 136 Å². The molecule has 1 aliphatic heterocycles. The molecule has 1 saturated heterocycles. The smallest absolute Gasteiger partial charge is 0.222 e. The maximum atomic E-state index is 13.4. The Balaban J connectivity index is 1.65. The van der Waals surface area contributed by atoms with Crippen molar-refractivity contribution in [1.82, 2.24) is 10.2 Å². The minimum Gasteiger partial charge on any atom is -0.389 e. The van der Waals surface area contributed by atoms with Crippen LogP contribution in [0.2, 0.25) is 0 Å². The van der Waals surface area contributed by atoms with Gasteiger partial charge in [0.05, 0.1) is 19.3 Å². The zero-order valence-corrected chi connectivity index (χ0v) is 13.5. The Bertz CT molecular complexity index is 504. The molecule has 6 heteroatoms. The molecule has 1 aromatic carbocycles. The van der Waals surface area contributed by atoms with E-state index in [4.69, 9.17) is 4.74 Å². The summed E-state index contributed by atoms with van der Waals surface area (Å²) in [7, 11) is 1.66. The molecule has 128 valence electrons. The second-order valence-electron chi connectivity index (χ2n) is 5.95. The van der Waals surface area contributed by atoms with Gasteiger partial charge in [-0.1, -0.05) is 18.2 Å². The van der Waals surface area contributed by atoms with Crippen molar-refractivity contribution < 1.29 is 19.0 Å². The lowest BCUT2D eigenvalue weighted by Crippen LogP contribution is -2.43. The fourth-order valence-corrected chi connectivity index (χ4v) is 2.85. The van der Waals surface area contributed by atoms with Crippen LogP contribution in [0.1, 0.15) is 18.4 Å². The summed E-state index contributed by atoms with van der Waals surface area (Å²) in [5.41, 5.74) is 0.492. The summed E-state index contributed by atoms with van der Waals surface area (Å²) in [6.45, 7) is 2.43. The second kappa shape index (κ2) is 8.96. The first kappa shape index (κ1) is 17.8. The number of hydrogen-bond donors (Lipinski definition) is 2. The van der Waals surface area contributed by atoms with Crippen LogP contribution in [-0.4, -0.2) is 55.3 Å². The number of benzene rings is 1. The Morgan fingerprint density at radius 1 is 1.43 bits per heavy atom. The molecule has 0 spiro atoms. The summed E-state index contributed by atoms with van der Waals surface area (Å²) in [6.07, 6.45) is 1.00. The van der Waals surface area contributed by atoms with E-state index in [1.807, 2.05) is 0 Å². The number of carbonyl (C=O) groups is 1. The van der Waals surface area contributed by atoms with Gasteiger partial charge in [-0.25, -0.2) is 4.39 Å². The minimum absolute atomic E-state index is 0.0747. The molecule has 1 heterocycles. The molecule has 0 aromatic heterocycles. The fourth-order valence-electron chi connectivity index (χ4n) is 2.85. The van der Waals surface area contributed by atoms with Gasteiger partial charge in [0.15, 0.2) is 0 Å². The van der Waals surface area contributed by atoms with Crippen LogP contribution in [0.3, 0.4) is 0 Å². The molecular weight excluding hydrogens is 299 g/mol. The summed E-state index contributed by atoms with van der Waals surface area (Å²) in [5.74, 6) is -0.123. The third-order valence-electron chi connectivity index (χ3n) is 4.20. The van der Waals surface area contributed by atoms with Gasteiger partial charge < -0.3 is 20.1 Å². The van der Waals surface area contributed by atoms with E-state index in [1.165, 1.54) is 6.07 Å². The Morgan fingerprint density at radius 2 is 2.13 bits per heavy atom. The van der Waals surface area contributed by atoms with Gasteiger partial charge in [-0.15, -0.1) is 0 Å². The van der Waals surface area contributed by atoms with Gasteiger partial charge in [-0.05, 0) is 32.0 Å². The SMILES string of the molecule is CNC(=O)C1CCN(CC(O)COCc2ccccc2F)CC1. The van der Waals surface area contributed by atoms with Gasteiger partial charge in [0, 0.05) is 25.1 Å². The van der Waals surface area contributed by atoms with E-state index in [0.717, 1.165) is 25.9 Å². The Hall–Kier alpha value is -1.50. The first-order valence-corrected chi connectivity index (χ1v) is 8.03. The molecule has 5 nitrogen and oxygen atoms in total. The summed E-state index contributed by atoms with van der Waals surface area (Å²) in [6, 6.07) is 6.46. The number of rotatable bonds is 7. The molecule has 2 N–H and O–H groups in total. The first-order chi connectivity index (χ1) is 11.1. The van der Waals surface area contributed by atoms with Crippen LogP contribution in [0.5, 0.6) is 0 Å². The van der Waals surface area contributed by atoms with Crippen molar-refractivity contribution in [3.05, 3.63) is 35.6 Å². The van der Waals surface area contributed by atoms with Crippen LogP contribution < -0.4 is 5.32 Å². The molecule has 0 radical (unpaired) electrons. The van der Waals surface area contributed by atoms with Gasteiger partial charge >= 0.3 is 0 Å². The topological polar surface area (TPSA) is 61.8 Å². The highest BCUT2D eigenvalue weighted by molar-refractivity contribution is 5.78. The number of nitrogens with zero attached hydrogens (tertiary/aromatic N) is 1. The molecule has 1 aromatic rings. The van der Waals surface area contributed by atoms with Crippen LogP contribution in [0, 0.1) is 11.7 Å². The third-order valence-corrected chi connectivity index (χ3v) is 4.20. The molecule has 1 amide bonds. The lowest BCUT2D eigenvalue weighted by atomic mass is 9.96. The Kier molecular flexibility index (Phi) is 6.95. The fraction of sp³-hybridized carbons (Fsp3) is 0.588. The van der Waals surface area contributed by atoms with Crippen molar-refractivity contribution in [2.24, 2.45) is 5.92 Å². The standard InChI is InChI=1S/C17H25FN2O3/c1-19-17(22)13-6-8-20(9-7-13)10-15(21)12-23-11-14-4-2-3-5-16(14)18/h2-5,13,15,21H,6-12H2,1H3,(H,19,22). The molecule has 0 saturated carbocycles. The molecular formula is C17H25FN2O3. The van der Waals surface area contributed by atoms with Crippen molar-refractivity contribution in [3.8, 4) is 0 Å². The molecule has 0 aliphatic carbocycles. The van der Waals surface area contributed by atoms with E-state index in [1.54, 1.807) is 25.2 Å². The molecule has 23 heavy (non-hydrogen) atoms. The number of carbonyl (C=O) groups excluding carboxylic acids is 1. The maximum absolute atomic E-state index is 13.4. The molecule has 0 bridgehead atoms. The highest BCUT2D eigenvalue weighted by Crippen LogP contribution is 2.17. The number of aliphatic hydroxyl groups excluding tert-OH is 1. The average molecular weight is 324 g/mol. The maximum Gasteiger partial charge on any atom is 0.222 e. The van der Waals surface area contributed by atoms with E-state index in [-0.39, 0.29) is 30.9 Å². The van der Waals surface area contributed by atoms with Crippen molar-refractivity contribution in [2.45, 2.75) is 25.6 Å². The van der Waals surface area contributed by atoms with E-state index in [0.29, 0.717) is 12.1 Å². The highest BCUT2D eigenvalue weighted by Gasteiger charge is 2.25. The van der Waals surface area contributed by atoms with Gasteiger partial charge in [-0.3, -0.25) is 4.79 Å². The second-order valence-corrected chi connectivity index (χ2v) is 5.95. The third kappa shape index (κ3) is 5.57. The number of nitrogens with one attached hydrogen (secondary N) is 1. The number of β-amino-alcohol motifs (C(OH)–C–C–N with tert-alkyl or cyclic N) is 1.